The molecule has 1 amide bonds. The van der Waals surface area contributed by atoms with Crippen LogP contribution in [0.4, 0.5) is 0 Å². The summed E-state index contributed by atoms with van der Waals surface area (Å²) in [7, 11) is 1.61. The molecular formula is C17H35NO2. The Hall–Kier alpha value is -0.570. The fourth-order valence-electron chi connectivity index (χ4n) is 2.46. The second kappa shape index (κ2) is 14.8. The van der Waals surface area contributed by atoms with Gasteiger partial charge in [-0.25, -0.2) is 0 Å². The van der Waals surface area contributed by atoms with Gasteiger partial charge in [-0.15, -0.1) is 0 Å². The van der Waals surface area contributed by atoms with E-state index in [0.29, 0.717) is 0 Å². The summed E-state index contributed by atoms with van der Waals surface area (Å²) in [4.78, 5) is 11.1. The van der Waals surface area contributed by atoms with Gasteiger partial charge >= 0.3 is 0 Å². The number of aliphatic hydroxyl groups is 1. The largest absolute Gasteiger partial charge is 0.393 e. The molecule has 0 aromatic carbocycles. The molecule has 120 valence electrons. The van der Waals surface area contributed by atoms with Crippen molar-refractivity contribution >= 4 is 5.91 Å². The summed E-state index contributed by atoms with van der Waals surface area (Å²) in [6, 6.07) is 0. The van der Waals surface area contributed by atoms with Crippen LogP contribution in [0.25, 0.3) is 0 Å². The number of rotatable bonds is 14. The number of hydrogen-bond donors (Lipinski definition) is 2. The van der Waals surface area contributed by atoms with Crippen molar-refractivity contribution in [2.45, 2.75) is 96.5 Å². The van der Waals surface area contributed by atoms with Crippen molar-refractivity contribution in [1.82, 2.24) is 5.32 Å². The molecule has 0 aliphatic rings. The number of carbonyl (C=O) groups is 1. The molecule has 0 aliphatic carbocycles. The average molecular weight is 285 g/mol. The molecule has 0 spiro atoms. The summed E-state index contributed by atoms with van der Waals surface area (Å²) in [5.74, 6) is -0.0689. The molecule has 1 atom stereocenters. The Morgan fingerprint density at radius 2 is 1.35 bits per heavy atom. The molecule has 0 aliphatic heterocycles. The molecule has 0 saturated heterocycles. The lowest BCUT2D eigenvalue weighted by molar-refractivity contribution is -0.122. The summed E-state index contributed by atoms with van der Waals surface area (Å²) in [6.45, 7) is 2.26. The van der Waals surface area contributed by atoms with Crippen molar-refractivity contribution in [3.63, 3.8) is 0 Å². The molecule has 0 fully saturated rings. The molecule has 3 nitrogen and oxygen atoms in total. The highest BCUT2D eigenvalue weighted by Crippen LogP contribution is 2.13. The van der Waals surface area contributed by atoms with Crippen molar-refractivity contribution in [2.24, 2.45) is 0 Å². The maximum Gasteiger partial charge on any atom is 0.222 e. The lowest BCUT2D eigenvalue weighted by Crippen LogP contribution is -2.23. The van der Waals surface area contributed by atoms with E-state index in [0.717, 1.165) is 12.8 Å². The second-order valence-electron chi connectivity index (χ2n) is 5.86. The molecule has 0 heterocycles. The molecule has 0 unspecified atom stereocenters. The summed E-state index contributed by atoms with van der Waals surface area (Å²) in [6.07, 6.45) is 15.0. The highest BCUT2D eigenvalue weighted by Gasteiger charge is 2.08. The second-order valence-corrected chi connectivity index (χ2v) is 5.86. The van der Waals surface area contributed by atoms with E-state index in [1.165, 1.54) is 64.2 Å². The average Bonchev–Trinajstić information content (AvgIpc) is 2.44. The van der Waals surface area contributed by atoms with E-state index in [1.54, 1.807) is 7.05 Å². The fraction of sp³-hybridized carbons (Fsp3) is 0.941. The van der Waals surface area contributed by atoms with Crippen LogP contribution in [-0.2, 0) is 4.79 Å². The summed E-state index contributed by atoms with van der Waals surface area (Å²) in [5.41, 5.74) is 0. The minimum absolute atomic E-state index is 0.0689. The summed E-state index contributed by atoms with van der Waals surface area (Å²) >= 11 is 0. The van der Waals surface area contributed by atoms with Gasteiger partial charge in [-0.2, -0.15) is 0 Å². The van der Waals surface area contributed by atoms with Gasteiger partial charge in [0.05, 0.1) is 12.5 Å². The Morgan fingerprint density at radius 3 is 1.80 bits per heavy atom. The van der Waals surface area contributed by atoms with Gasteiger partial charge in [0.15, 0.2) is 0 Å². The van der Waals surface area contributed by atoms with Crippen LogP contribution >= 0.6 is 0 Å². The molecule has 0 radical (unpaired) electrons. The maximum atomic E-state index is 11.1. The van der Waals surface area contributed by atoms with Crippen LogP contribution in [0.3, 0.4) is 0 Å². The Bertz CT molecular complexity index is 219. The monoisotopic (exact) mass is 285 g/mol. The SMILES string of the molecule is CCCCCCCCCCCCC[C@H](O)CC(=O)NC. The third-order valence-corrected chi connectivity index (χ3v) is 3.84. The van der Waals surface area contributed by atoms with E-state index >= 15 is 0 Å². The van der Waals surface area contributed by atoms with Crippen molar-refractivity contribution in [3.05, 3.63) is 0 Å². The van der Waals surface area contributed by atoms with Gasteiger partial charge in [0.25, 0.3) is 0 Å². The highest BCUT2D eigenvalue weighted by molar-refractivity contribution is 5.75. The number of hydrogen-bond acceptors (Lipinski definition) is 2. The van der Waals surface area contributed by atoms with Crippen molar-refractivity contribution < 1.29 is 9.90 Å². The van der Waals surface area contributed by atoms with E-state index in [9.17, 15) is 9.90 Å². The minimum Gasteiger partial charge on any atom is -0.393 e. The van der Waals surface area contributed by atoms with Crippen molar-refractivity contribution in [1.29, 1.82) is 0 Å². The maximum absolute atomic E-state index is 11.1. The first-order valence-corrected chi connectivity index (χ1v) is 8.59. The van der Waals surface area contributed by atoms with Gasteiger partial charge in [0.2, 0.25) is 5.91 Å². The zero-order valence-electron chi connectivity index (χ0n) is 13.6. The van der Waals surface area contributed by atoms with E-state index in [4.69, 9.17) is 0 Å². The van der Waals surface area contributed by atoms with Crippen LogP contribution in [0.1, 0.15) is 90.4 Å². The molecule has 0 rings (SSSR count). The summed E-state index contributed by atoms with van der Waals surface area (Å²) < 4.78 is 0. The van der Waals surface area contributed by atoms with Crippen LogP contribution in [0.2, 0.25) is 0 Å². The first kappa shape index (κ1) is 19.4. The smallest absolute Gasteiger partial charge is 0.222 e. The molecule has 0 bridgehead atoms. The third-order valence-electron chi connectivity index (χ3n) is 3.84. The molecule has 0 saturated carbocycles. The van der Waals surface area contributed by atoms with Crippen LogP contribution in [0, 0.1) is 0 Å². The van der Waals surface area contributed by atoms with Crippen molar-refractivity contribution in [3.8, 4) is 0 Å². The Morgan fingerprint density at radius 1 is 0.900 bits per heavy atom. The van der Waals surface area contributed by atoms with Crippen molar-refractivity contribution in [2.75, 3.05) is 7.05 Å². The van der Waals surface area contributed by atoms with Gasteiger partial charge in [-0.1, -0.05) is 77.6 Å². The van der Waals surface area contributed by atoms with E-state index in [1.807, 2.05) is 0 Å². The van der Waals surface area contributed by atoms with Gasteiger partial charge in [0, 0.05) is 7.05 Å². The minimum atomic E-state index is -0.464. The lowest BCUT2D eigenvalue weighted by Gasteiger charge is -2.09. The zero-order chi connectivity index (χ0) is 15.1. The predicted molar refractivity (Wildman–Crippen MR) is 85.8 cm³/mol. The molecule has 0 aromatic heterocycles. The Labute approximate surface area is 125 Å². The number of amides is 1. The number of unbranched alkanes of at least 4 members (excludes halogenated alkanes) is 10. The van der Waals surface area contributed by atoms with E-state index in [-0.39, 0.29) is 12.3 Å². The normalized spacial score (nSPS) is 12.3. The molecule has 2 N–H and O–H groups in total. The van der Waals surface area contributed by atoms with E-state index < -0.39 is 6.10 Å². The van der Waals surface area contributed by atoms with E-state index in [2.05, 4.69) is 12.2 Å². The summed E-state index contributed by atoms with van der Waals surface area (Å²) in [5, 5.41) is 12.2. The standard InChI is InChI=1S/C17H35NO2/c1-3-4-5-6-7-8-9-10-11-12-13-14-16(19)15-17(20)18-2/h16,19H,3-15H2,1-2H3,(H,18,20)/t16-/m0/s1. The van der Waals surface area contributed by atoms with Crippen LogP contribution in [-0.4, -0.2) is 24.2 Å². The fourth-order valence-corrected chi connectivity index (χ4v) is 2.46. The van der Waals surface area contributed by atoms with Crippen LogP contribution < -0.4 is 5.32 Å². The quantitative estimate of drug-likeness (QED) is 0.470. The lowest BCUT2D eigenvalue weighted by atomic mass is 10.0. The predicted octanol–water partition coefficient (Wildman–Crippen LogP) is 4.18. The first-order valence-electron chi connectivity index (χ1n) is 8.59. The highest BCUT2D eigenvalue weighted by atomic mass is 16.3. The molecular weight excluding hydrogens is 250 g/mol. The molecule has 20 heavy (non-hydrogen) atoms. The van der Waals surface area contributed by atoms with Crippen LogP contribution in [0.5, 0.6) is 0 Å². The number of carbonyl (C=O) groups excluding carboxylic acids is 1. The van der Waals surface area contributed by atoms with Gasteiger partial charge in [-0.3, -0.25) is 4.79 Å². The van der Waals surface area contributed by atoms with Crippen LogP contribution in [0.15, 0.2) is 0 Å². The topological polar surface area (TPSA) is 49.3 Å². The van der Waals surface area contributed by atoms with Gasteiger partial charge in [0.1, 0.15) is 0 Å². The Kier molecular flexibility index (Phi) is 14.4. The first-order chi connectivity index (χ1) is 9.70. The number of nitrogens with one attached hydrogen (secondary N) is 1. The number of aliphatic hydroxyl groups excluding tert-OH is 1. The van der Waals surface area contributed by atoms with Gasteiger partial charge in [-0.05, 0) is 6.42 Å². The zero-order valence-corrected chi connectivity index (χ0v) is 13.6. The third kappa shape index (κ3) is 13.9. The van der Waals surface area contributed by atoms with Gasteiger partial charge < -0.3 is 10.4 Å². The molecule has 0 aromatic rings. The molecule has 3 heteroatoms. The Balaban J connectivity index is 3.14.